The summed E-state index contributed by atoms with van der Waals surface area (Å²) in [5, 5.41) is 8.04. The highest BCUT2D eigenvalue weighted by atomic mass is 16.5. The molecule has 1 aromatic heterocycles. The second kappa shape index (κ2) is 5.84. The van der Waals surface area contributed by atoms with Gasteiger partial charge in [0, 0.05) is 19.6 Å². The maximum Gasteiger partial charge on any atom is 0.310 e. The van der Waals surface area contributed by atoms with Crippen LogP contribution in [-0.2, 0) is 16.1 Å². The summed E-state index contributed by atoms with van der Waals surface area (Å²) in [6, 6.07) is 0. The monoisotopic (exact) mass is 252 g/mol. The number of nitrogens with zero attached hydrogens (tertiary/aromatic N) is 4. The van der Waals surface area contributed by atoms with E-state index in [1.54, 1.807) is 6.20 Å². The van der Waals surface area contributed by atoms with Crippen molar-refractivity contribution in [2.45, 2.75) is 32.7 Å². The van der Waals surface area contributed by atoms with Crippen LogP contribution in [0, 0.1) is 5.92 Å². The van der Waals surface area contributed by atoms with Crippen molar-refractivity contribution >= 4 is 11.8 Å². The Morgan fingerprint density at radius 3 is 3.17 bits per heavy atom. The molecule has 100 valence electrons. The lowest BCUT2D eigenvalue weighted by molar-refractivity contribution is -0.145. The Kier molecular flexibility index (Phi) is 4.17. The lowest BCUT2D eigenvalue weighted by atomic mass is 9.98. The number of hydrogen-bond donors (Lipinski definition) is 0. The normalized spacial score (nSPS) is 19.9. The fourth-order valence-corrected chi connectivity index (χ4v) is 2.41. The van der Waals surface area contributed by atoms with Crippen LogP contribution in [0.2, 0.25) is 0 Å². The molecule has 2 rings (SSSR count). The SMILES string of the molecule is CCCn1nncc1N1CCCC(C(=O)OC)C1. The summed E-state index contributed by atoms with van der Waals surface area (Å²) < 4.78 is 6.73. The molecule has 0 bridgehead atoms. The molecule has 1 unspecified atom stereocenters. The van der Waals surface area contributed by atoms with E-state index in [9.17, 15) is 4.79 Å². The van der Waals surface area contributed by atoms with Crippen LogP contribution in [0.15, 0.2) is 6.20 Å². The maximum absolute atomic E-state index is 11.6. The summed E-state index contributed by atoms with van der Waals surface area (Å²) in [5.74, 6) is 0.855. The van der Waals surface area contributed by atoms with Gasteiger partial charge < -0.3 is 9.64 Å². The molecular weight excluding hydrogens is 232 g/mol. The number of anilines is 1. The van der Waals surface area contributed by atoms with E-state index < -0.39 is 0 Å². The number of aryl methyl sites for hydroxylation is 1. The van der Waals surface area contributed by atoms with Gasteiger partial charge in [0.1, 0.15) is 5.82 Å². The van der Waals surface area contributed by atoms with E-state index in [0.29, 0.717) is 6.54 Å². The average Bonchev–Trinajstić information content (AvgIpc) is 2.87. The highest BCUT2D eigenvalue weighted by Crippen LogP contribution is 2.23. The Morgan fingerprint density at radius 2 is 2.44 bits per heavy atom. The summed E-state index contributed by atoms with van der Waals surface area (Å²) in [6.45, 7) is 4.61. The van der Waals surface area contributed by atoms with Crippen molar-refractivity contribution in [1.29, 1.82) is 0 Å². The van der Waals surface area contributed by atoms with Crippen molar-refractivity contribution in [2.24, 2.45) is 5.92 Å². The first-order chi connectivity index (χ1) is 8.76. The quantitative estimate of drug-likeness (QED) is 0.750. The summed E-state index contributed by atoms with van der Waals surface area (Å²) in [4.78, 5) is 13.8. The zero-order chi connectivity index (χ0) is 13.0. The topological polar surface area (TPSA) is 60.2 Å². The van der Waals surface area contributed by atoms with E-state index in [2.05, 4.69) is 22.1 Å². The second-order valence-corrected chi connectivity index (χ2v) is 4.62. The number of carbonyl (C=O) groups excluding carboxylic acids is 1. The molecule has 1 atom stereocenters. The molecule has 2 heterocycles. The van der Waals surface area contributed by atoms with E-state index in [4.69, 9.17) is 4.74 Å². The molecule has 1 saturated heterocycles. The van der Waals surface area contributed by atoms with E-state index in [1.165, 1.54) is 7.11 Å². The number of esters is 1. The van der Waals surface area contributed by atoms with Gasteiger partial charge in [0.25, 0.3) is 0 Å². The van der Waals surface area contributed by atoms with Gasteiger partial charge in [0.2, 0.25) is 0 Å². The fourth-order valence-electron chi connectivity index (χ4n) is 2.41. The lowest BCUT2D eigenvalue weighted by Gasteiger charge is -2.32. The van der Waals surface area contributed by atoms with E-state index in [1.807, 2.05) is 4.68 Å². The molecule has 18 heavy (non-hydrogen) atoms. The number of ether oxygens (including phenoxy) is 1. The van der Waals surface area contributed by atoms with Crippen molar-refractivity contribution in [3.05, 3.63) is 6.20 Å². The fraction of sp³-hybridized carbons (Fsp3) is 0.750. The summed E-state index contributed by atoms with van der Waals surface area (Å²) >= 11 is 0. The van der Waals surface area contributed by atoms with Gasteiger partial charge in [-0.2, -0.15) is 0 Å². The smallest absolute Gasteiger partial charge is 0.310 e. The first-order valence-corrected chi connectivity index (χ1v) is 6.47. The molecule has 0 radical (unpaired) electrons. The van der Waals surface area contributed by atoms with Crippen LogP contribution in [0.3, 0.4) is 0 Å². The van der Waals surface area contributed by atoms with Crippen molar-refractivity contribution in [3.8, 4) is 0 Å². The van der Waals surface area contributed by atoms with E-state index in [0.717, 1.165) is 38.2 Å². The highest BCUT2D eigenvalue weighted by Gasteiger charge is 2.28. The molecule has 0 spiro atoms. The van der Waals surface area contributed by atoms with Gasteiger partial charge in [-0.25, -0.2) is 4.68 Å². The van der Waals surface area contributed by atoms with Crippen LogP contribution in [0.4, 0.5) is 5.82 Å². The third-order valence-corrected chi connectivity index (χ3v) is 3.31. The van der Waals surface area contributed by atoms with Gasteiger partial charge in [-0.05, 0) is 19.3 Å². The molecule has 6 heteroatoms. The molecule has 0 amide bonds. The summed E-state index contributed by atoms with van der Waals surface area (Å²) in [6.07, 6.45) is 4.69. The van der Waals surface area contributed by atoms with E-state index >= 15 is 0 Å². The number of carbonyl (C=O) groups is 1. The Hall–Kier alpha value is -1.59. The molecular formula is C12H20N4O2. The van der Waals surface area contributed by atoms with Crippen molar-refractivity contribution in [1.82, 2.24) is 15.0 Å². The zero-order valence-electron chi connectivity index (χ0n) is 11.0. The molecule has 0 N–H and O–H groups in total. The van der Waals surface area contributed by atoms with Crippen LogP contribution in [-0.4, -0.2) is 41.2 Å². The van der Waals surface area contributed by atoms with Gasteiger partial charge in [-0.1, -0.05) is 12.1 Å². The van der Waals surface area contributed by atoms with Crippen molar-refractivity contribution < 1.29 is 9.53 Å². The minimum atomic E-state index is -0.116. The predicted octanol–water partition coefficient (Wildman–Crippen LogP) is 1.08. The number of aromatic nitrogens is 3. The summed E-state index contributed by atoms with van der Waals surface area (Å²) in [7, 11) is 1.45. The predicted molar refractivity (Wildman–Crippen MR) is 67.3 cm³/mol. The van der Waals surface area contributed by atoms with Crippen LogP contribution < -0.4 is 4.90 Å². The molecule has 1 aliphatic rings. The number of piperidine rings is 1. The van der Waals surface area contributed by atoms with Crippen molar-refractivity contribution in [2.75, 3.05) is 25.1 Å². The number of hydrogen-bond acceptors (Lipinski definition) is 5. The third-order valence-electron chi connectivity index (χ3n) is 3.31. The zero-order valence-corrected chi connectivity index (χ0v) is 11.0. The third kappa shape index (κ3) is 2.63. The van der Waals surface area contributed by atoms with Crippen LogP contribution in [0.25, 0.3) is 0 Å². The number of rotatable bonds is 4. The molecule has 6 nitrogen and oxygen atoms in total. The average molecular weight is 252 g/mol. The standard InChI is InChI=1S/C12H20N4O2/c1-3-6-16-11(8-13-14-16)15-7-4-5-10(9-15)12(17)18-2/h8,10H,3-7,9H2,1-2H3. The highest BCUT2D eigenvalue weighted by molar-refractivity contribution is 5.73. The number of methoxy groups -OCH3 is 1. The maximum atomic E-state index is 11.6. The van der Waals surface area contributed by atoms with Crippen LogP contribution in [0.5, 0.6) is 0 Å². The molecule has 0 saturated carbocycles. The minimum Gasteiger partial charge on any atom is -0.469 e. The molecule has 1 aliphatic heterocycles. The minimum absolute atomic E-state index is 0.0336. The first kappa shape index (κ1) is 12.9. The van der Waals surface area contributed by atoms with E-state index in [-0.39, 0.29) is 11.9 Å². The Balaban J connectivity index is 2.08. The Bertz CT molecular complexity index is 405. The molecule has 1 aromatic rings. The van der Waals surface area contributed by atoms with Gasteiger partial charge in [0.05, 0.1) is 19.2 Å². The molecule has 0 aromatic carbocycles. The Morgan fingerprint density at radius 1 is 1.61 bits per heavy atom. The largest absolute Gasteiger partial charge is 0.469 e. The van der Waals surface area contributed by atoms with Crippen LogP contribution in [0.1, 0.15) is 26.2 Å². The molecule has 0 aliphatic carbocycles. The molecule has 1 fully saturated rings. The summed E-state index contributed by atoms with van der Waals surface area (Å²) in [5.41, 5.74) is 0. The first-order valence-electron chi connectivity index (χ1n) is 6.47. The van der Waals surface area contributed by atoms with Gasteiger partial charge in [0.15, 0.2) is 0 Å². The van der Waals surface area contributed by atoms with Crippen LogP contribution >= 0.6 is 0 Å². The van der Waals surface area contributed by atoms with Gasteiger partial charge >= 0.3 is 5.97 Å². The second-order valence-electron chi connectivity index (χ2n) is 4.62. The lowest BCUT2D eigenvalue weighted by Crippen LogP contribution is -2.40. The Labute approximate surface area is 107 Å². The van der Waals surface area contributed by atoms with Crippen molar-refractivity contribution in [3.63, 3.8) is 0 Å². The van der Waals surface area contributed by atoms with Gasteiger partial charge in [-0.3, -0.25) is 4.79 Å². The van der Waals surface area contributed by atoms with Gasteiger partial charge in [-0.15, -0.1) is 5.10 Å².